The van der Waals surface area contributed by atoms with Crippen molar-refractivity contribution in [2.45, 2.75) is 0 Å². The minimum atomic E-state index is 1.13. The Labute approximate surface area is 236 Å². The molecule has 0 saturated carbocycles. The third kappa shape index (κ3) is 3.83. The van der Waals surface area contributed by atoms with E-state index in [1.807, 2.05) is 23.7 Å². The summed E-state index contributed by atoms with van der Waals surface area (Å²) >= 11 is 1.85. The summed E-state index contributed by atoms with van der Waals surface area (Å²) in [6.45, 7) is 0. The maximum absolute atomic E-state index is 4.36. The van der Waals surface area contributed by atoms with Crippen molar-refractivity contribution in [2.24, 2.45) is 0 Å². The van der Waals surface area contributed by atoms with E-state index in [-0.39, 0.29) is 0 Å². The first kappa shape index (κ1) is 22.9. The predicted octanol–water partition coefficient (Wildman–Crippen LogP) is 10.9. The van der Waals surface area contributed by atoms with Crippen molar-refractivity contribution >= 4 is 70.1 Å². The summed E-state index contributed by atoms with van der Waals surface area (Å²) in [5.41, 5.74) is 5.84. The molecule has 0 aliphatic carbocycles. The summed E-state index contributed by atoms with van der Waals surface area (Å²) in [5.74, 6) is 0. The van der Waals surface area contributed by atoms with Gasteiger partial charge in [-0.05, 0) is 81.9 Å². The minimum Gasteiger partial charge on any atom is -0.310 e. The number of hydrogen-bond acceptors (Lipinski definition) is 3. The molecular weight excluding hydrogens is 504 g/mol. The number of anilines is 3. The fourth-order valence-corrected chi connectivity index (χ4v) is 6.87. The zero-order valence-electron chi connectivity index (χ0n) is 21.7. The number of benzene rings is 6. The van der Waals surface area contributed by atoms with Crippen molar-refractivity contribution in [2.75, 3.05) is 4.90 Å². The van der Waals surface area contributed by atoms with Crippen molar-refractivity contribution in [3.8, 4) is 11.1 Å². The van der Waals surface area contributed by atoms with Gasteiger partial charge >= 0.3 is 0 Å². The predicted molar refractivity (Wildman–Crippen MR) is 172 cm³/mol. The van der Waals surface area contributed by atoms with Gasteiger partial charge in [0.2, 0.25) is 0 Å². The third-order valence-electron chi connectivity index (χ3n) is 7.72. The van der Waals surface area contributed by atoms with Crippen LogP contribution in [0, 0.1) is 0 Å². The van der Waals surface area contributed by atoms with E-state index < -0.39 is 0 Å². The van der Waals surface area contributed by atoms with Gasteiger partial charge < -0.3 is 4.90 Å². The molecule has 0 aliphatic heterocycles. The number of thiophene rings is 1. The highest BCUT2D eigenvalue weighted by Crippen LogP contribution is 2.43. The van der Waals surface area contributed by atoms with Crippen LogP contribution in [0.4, 0.5) is 17.1 Å². The standard InChI is InChI=1S/C37H24N2S/c1-2-6-25(7-3-1)27-10-14-30(15-11-27)39(31-16-12-26-8-4-5-9-28(26)22-31)32-17-19-35-34(23-32)37-33-20-21-38-24-29(33)13-18-36(37)40-35/h1-24H. The number of pyridine rings is 1. The first-order chi connectivity index (χ1) is 19.8. The van der Waals surface area contributed by atoms with Crippen molar-refractivity contribution in [3.63, 3.8) is 0 Å². The van der Waals surface area contributed by atoms with Crippen LogP contribution in [-0.4, -0.2) is 4.98 Å². The summed E-state index contributed by atoms with van der Waals surface area (Å²) in [7, 11) is 0. The largest absolute Gasteiger partial charge is 0.310 e. The van der Waals surface area contributed by atoms with Crippen molar-refractivity contribution in [1.29, 1.82) is 0 Å². The van der Waals surface area contributed by atoms with E-state index in [9.17, 15) is 0 Å². The monoisotopic (exact) mass is 528 g/mol. The molecule has 0 bridgehead atoms. The first-order valence-electron chi connectivity index (χ1n) is 13.5. The van der Waals surface area contributed by atoms with E-state index in [0.29, 0.717) is 0 Å². The molecule has 0 unspecified atom stereocenters. The fourth-order valence-electron chi connectivity index (χ4n) is 5.77. The molecule has 40 heavy (non-hydrogen) atoms. The molecule has 188 valence electrons. The van der Waals surface area contributed by atoms with E-state index >= 15 is 0 Å². The summed E-state index contributed by atoms with van der Waals surface area (Å²) in [6.07, 6.45) is 3.85. The molecule has 0 atom stereocenters. The van der Waals surface area contributed by atoms with Crippen LogP contribution >= 0.6 is 11.3 Å². The van der Waals surface area contributed by atoms with Gasteiger partial charge in [0.05, 0.1) is 0 Å². The summed E-state index contributed by atoms with van der Waals surface area (Å²) in [5, 5.41) is 7.47. The van der Waals surface area contributed by atoms with Crippen LogP contribution in [0.3, 0.4) is 0 Å². The van der Waals surface area contributed by atoms with E-state index in [4.69, 9.17) is 0 Å². The van der Waals surface area contributed by atoms with Crippen LogP contribution in [0.2, 0.25) is 0 Å². The van der Waals surface area contributed by atoms with Gasteiger partial charge in [0, 0.05) is 55.0 Å². The smallest absolute Gasteiger partial charge is 0.0468 e. The minimum absolute atomic E-state index is 1.13. The number of fused-ring (bicyclic) bond motifs is 6. The Bertz CT molecular complexity index is 2160. The van der Waals surface area contributed by atoms with Crippen molar-refractivity contribution in [1.82, 2.24) is 4.98 Å². The first-order valence-corrected chi connectivity index (χ1v) is 14.3. The molecule has 2 heterocycles. The molecule has 0 aliphatic rings. The van der Waals surface area contributed by atoms with Crippen LogP contribution < -0.4 is 4.90 Å². The number of nitrogens with zero attached hydrogens (tertiary/aromatic N) is 2. The lowest BCUT2D eigenvalue weighted by Crippen LogP contribution is -2.09. The Morgan fingerprint density at radius 3 is 2.02 bits per heavy atom. The Morgan fingerprint density at radius 2 is 1.15 bits per heavy atom. The molecule has 2 aromatic heterocycles. The molecule has 0 saturated heterocycles. The molecule has 2 nitrogen and oxygen atoms in total. The van der Waals surface area contributed by atoms with E-state index in [1.165, 1.54) is 52.8 Å². The molecule has 0 N–H and O–H groups in total. The Hall–Kier alpha value is -4.99. The molecule has 3 heteroatoms. The van der Waals surface area contributed by atoms with E-state index in [0.717, 1.165) is 17.1 Å². The second kappa shape index (κ2) is 9.33. The van der Waals surface area contributed by atoms with Crippen LogP contribution in [0.15, 0.2) is 146 Å². The van der Waals surface area contributed by atoms with Gasteiger partial charge in [-0.15, -0.1) is 11.3 Å². The Morgan fingerprint density at radius 1 is 0.475 bits per heavy atom. The highest BCUT2D eigenvalue weighted by molar-refractivity contribution is 7.26. The van der Waals surface area contributed by atoms with Gasteiger partial charge in [-0.25, -0.2) is 0 Å². The maximum atomic E-state index is 4.36. The molecule has 0 fully saturated rings. The summed E-state index contributed by atoms with van der Waals surface area (Å²) in [4.78, 5) is 6.73. The molecule has 6 aromatic carbocycles. The second-order valence-corrected chi connectivity index (χ2v) is 11.2. The highest BCUT2D eigenvalue weighted by Gasteiger charge is 2.16. The second-order valence-electron chi connectivity index (χ2n) is 10.1. The molecule has 8 rings (SSSR count). The quantitative estimate of drug-likeness (QED) is 0.226. The van der Waals surface area contributed by atoms with Crippen LogP contribution in [0.25, 0.3) is 52.8 Å². The Kier molecular flexibility index (Phi) is 5.35. The summed E-state index contributed by atoms with van der Waals surface area (Å²) in [6, 6.07) is 48.2. The van der Waals surface area contributed by atoms with Gasteiger partial charge in [0.25, 0.3) is 0 Å². The average Bonchev–Trinajstić information content (AvgIpc) is 3.41. The van der Waals surface area contributed by atoms with Gasteiger partial charge in [-0.3, -0.25) is 4.98 Å². The zero-order chi connectivity index (χ0) is 26.5. The van der Waals surface area contributed by atoms with Gasteiger partial charge in [-0.2, -0.15) is 0 Å². The number of rotatable bonds is 4. The van der Waals surface area contributed by atoms with Crippen molar-refractivity contribution < 1.29 is 0 Å². The number of aromatic nitrogens is 1. The maximum Gasteiger partial charge on any atom is 0.0468 e. The average molecular weight is 529 g/mol. The van der Waals surface area contributed by atoms with Crippen molar-refractivity contribution in [3.05, 3.63) is 146 Å². The molecular formula is C37H24N2S. The Balaban J connectivity index is 1.34. The fraction of sp³-hybridized carbons (Fsp3) is 0. The van der Waals surface area contributed by atoms with Gasteiger partial charge in [-0.1, -0.05) is 78.9 Å². The van der Waals surface area contributed by atoms with E-state index in [1.54, 1.807) is 0 Å². The lowest BCUT2D eigenvalue weighted by Gasteiger charge is -2.26. The summed E-state index contributed by atoms with van der Waals surface area (Å²) < 4.78 is 2.59. The van der Waals surface area contributed by atoms with Crippen LogP contribution in [-0.2, 0) is 0 Å². The zero-order valence-corrected chi connectivity index (χ0v) is 22.5. The third-order valence-corrected chi connectivity index (χ3v) is 8.85. The van der Waals surface area contributed by atoms with Gasteiger partial charge in [0.15, 0.2) is 0 Å². The lowest BCUT2D eigenvalue weighted by atomic mass is 10.0. The highest BCUT2D eigenvalue weighted by atomic mass is 32.1. The molecule has 8 aromatic rings. The molecule has 0 amide bonds. The SMILES string of the molecule is c1ccc(-c2ccc(N(c3ccc4ccccc4c3)c3ccc4sc5ccc6cnccc6c5c4c3)cc2)cc1. The normalized spacial score (nSPS) is 11.5. The van der Waals surface area contributed by atoms with E-state index in [2.05, 4.69) is 143 Å². The molecule has 0 radical (unpaired) electrons. The van der Waals surface area contributed by atoms with Crippen LogP contribution in [0.5, 0.6) is 0 Å². The number of hydrogen-bond donors (Lipinski definition) is 0. The molecule has 0 spiro atoms. The van der Waals surface area contributed by atoms with Gasteiger partial charge in [0.1, 0.15) is 0 Å². The lowest BCUT2D eigenvalue weighted by molar-refractivity contribution is 1.30. The van der Waals surface area contributed by atoms with Crippen LogP contribution in [0.1, 0.15) is 0 Å². The topological polar surface area (TPSA) is 16.1 Å².